The van der Waals surface area contributed by atoms with Crippen LogP contribution in [-0.2, 0) is 6.54 Å². The normalized spacial score (nSPS) is 15.6. The number of hydrogen-bond acceptors (Lipinski definition) is 8. The molecule has 0 saturated carbocycles. The van der Waals surface area contributed by atoms with E-state index in [2.05, 4.69) is 43.9 Å². The fraction of sp³-hybridized carbons (Fsp3) is 0.474. The van der Waals surface area contributed by atoms with Crippen molar-refractivity contribution in [2.45, 2.75) is 33.2 Å². The van der Waals surface area contributed by atoms with Gasteiger partial charge in [0.25, 0.3) is 0 Å². The van der Waals surface area contributed by atoms with Crippen LogP contribution in [0.3, 0.4) is 0 Å². The van der Waals surface area contributed by atoms with Crippen molar-refractivity contribution in [1.82, 2.24) is 25.2 Å². The second kappa shape index (κ2) is 7.48. The third kappa shape index (κ3) is 3.85. The van der Waals surface area contributed by atoms with Crippen molar-refractivity contribution in [1.29, 1.82) is 0 Å². The van der Waals surface area contributed by atoms with Gasteiger partial charge in [-0.3, -0.25) is 4.90 Å². The average molecular weight is 368 g/mol. The lowest BCUT2D eigenvalue weighted by atomic mass is 10.1. The molecule has 1 aliphatic heterocycles. The lowest BCUT2D eigenvalue weighted by Gasteiger charge is -2.32. The van der Waals surface area contributed by atoms with Gasteiger partial charge >= 0.3 is 6.01 Å². The highest BCUT2D eigenvalue weighted by Gasteiger charge is 2.23. The highest BCUT2D eigenvalue weighted by Crippen LogP contribution is 2.21. The zero-order valence-electron chi connectivity index (χ0n) is 15.9. The highest BCUT2D eigenvalue weighted by atomic mass is 16.5. The first kappa shape index (κ1) is 17.7. The molecule has 1 aliphatic rings. The van der Waals surface area contributed by atoms with Gasteiger partial charge in [-0.05, 0) is 12.5 Å². The van der Waals surface area contributed by atoms with E-state index in [1.165, 1.54) is 0 Å². The van der Waals surface area contributed by atoms with Gasteiger partial charge in [-0.25, -0.2) is 0 Å². The highest BCUT2D eigenvalue weighted by molar-refractivity contribution is 5.58. The molecular weight excluding hydrogens is 344 g/mol. The molecule has 3 aromatic rings. The maximum atomic E-state index is 5.46. The minimum absolute atomic E-state index is 0.267. The lowest BCUT2D eigenvalue weighted by Crippen LogP contribution is -2.46. The number of aromatic nitrogens is 4. The van der Waals surface area contributed by atoms with E-state index >= 15 is 0 Å². The van der Waals surface area contributed by atoms with Gasteiger partial charge in [-0.1, -0.05) is 48.4 Å². The van der Waals surface area contributed by atoms with E-state index < -0.39 is 0 Å². The number of rotatable bonds is 5. The van der Waals surface area contributed by atoms with Crippen molar-refractivity contribution < 1.29 is 9.05 Å². The van der Waals surface area contributed by atoms with Crippen LogP contribution in [0.4, 0.5) is 6.01 Å². The summed E-state index contributed by atoms with van der Waals surface area (Å²) in [5.74, 6) is 2.31. The van der Waals surface area contributed by atoms with Crippen molar-refractivity contribution in [3.05, 3.63) is 41.5 Å². The Morgan fingerprint density at radius 3 is 2.48 bits per heavy atom. The van der Waals surface area contributed by atoms with Crippen LogP contribution in [0.25, 0.3) is 11.4 Å². The molecule has 0 bridgehead atoms. The Bertz CT molecular complexity index is 895. The fourth-order valence-corrected chi connectivity index (χ4v) is 3.13. The van der Waals surface area contributed by atoms with E-state index in [4.69, 9.17) is 9.05 Å². The van der Waals surface area contributed by atoms with Gasteiger partial charge in [0.2, 0.25) is 11.7 Å². The summed E-state index contributed by atoms with van der Waals surface area (Å²) in [6.07, 6.45) is 0. The topological polar surface area (TPSA) is 84.3 Å². The summed E-state index contributed by atoms with van der Waals surface area (Å²) >= 11 is 0. The minimum atomic E-state index is 0.267. The molecule has 0 unspecified atom stereocenters. The van der Waals surface area contributed by atoms with Gasteiger partial charge in [0.05, 0.1) is 6.54 Å². The summed E-state index contributed by atoms with van der Waals surface area (Å²) < 4.78 is 10.8. The molecule has 4 rings (SSSR count). The number of hydrogen-bond donors (Lipinski definition) is 0. The molecule has 1 aromatic carbocycles. The SMILES string of the molecule is Cc1ccccc1-c1noc(CN2CCN(c3nc(C(C)C)no3)CC2)n1. The van der Waals surface area contributed by atoms with E-state index in [9.17, 15) is 0 Å². The number of piperazine rings is 1. The van der Waals surface area contributed by atoms with Crippen LogP contribution in [0, 0.1) is 6.92 Å². The molecule has 0 atom stereocenters. The molecule has 8 heteroatoms. The van der Waals surface area contributed by atoms with Crippen molar-refractivity contribution in [3.8, 4) is 11.4 Å². The first-order valence-corrected chi connectivity index (χ1v) is 9.29. The molecule has 0 N–H and O–H groups in total. The number of anilines is 1. The van der Waals surface area contributed by atoms with Gasteiger partial charge in [-0.15, -0.1) is 0 Å². The maximum Gasteiger partial charge on any atom is 0.324 e. The van der Waals surface area contributed by atoms with E-state index in [0.717, 1.165) is 43.1 Å². The lowest BCUT2D eigenvalue weighted by molar-refractivity contribution is 0.211. The van der Waals surface area contributed by atoms with Crippen LogP contribution >= 0.6 is 0 Å². The number of benzene rings is 1. The summed E-state index contributed by atoms with van der Waals surface area (Å²) in [5, 5.41) is 8.18. The standard InChI is InChI=1S/C19H24N6O2/c1-13(2)17-21-19(27-22-17)25-10-8-24(9-11-25)12-16-20-18(23-26-16)15-7-5-4-6-14(15)3/h4-7,13H,8-12H2,1-3H3. The van der Waals surface area contributed by atoms with Gasteiger partial charge < -0.3 is 13.9 Å². The molecular formula is C19H24N6O2. The Labute approximate surface area is 158 Å². The van der Waals surface area contributed by atoms with Crippen molar-refractivity contribution >= 4 is 6.01 Å². The molecule has 27 heavy (non-hydrogen) atoms. The molecule has 1 fully saturated rings. The Kier molecular flexibility index (Phi) is 4.89. The predicted octanol–water partition coefficient (Wildman–Crippen LogP) is 2.87. The Balaban J connectivity index is 1.35. The van der Waals surface area contributed by atoms with Gasteiger partial charge in [0, 0.05) is 37.7 Å². The minimum Gasteiger partial charge on any atom is -0.338 e. The second-order valence-corrected chi connectivity index (χ2v) is 7.18. The summed E-state index contributed by atoms with van der Waals surface area (Å²) in [7, 11) is 0. The third-order valence-corrected chi connectivity index (χ3v) is 4.80. The zero-order valence-corrected chi connectivity index (χ0v) is 15.9. The predicted molar refractivity (Wildman–Crippen MR) is 100 cm³/mol. The van der Waals surface area contributed by atoms with Crippen LogP contribution in [-0.4, -0.2) is 51.4 Å². The summed E-state index contributed by atoms with van der Waals surface area (Å²) in [6, 6.07) is 8.66. The Morgan fingerprint density at radius 1 is 1.00 bits per heavy atom. The molecule has 0 amide bonds. The molecule has 0 aliphatic carbocycles. The third-order valence-electron chi connectivity index (χ3n) is 4.80. The van der Waals surface area contributed by atoms with Crippen LogP contribution in [0.5, 0.6) is 0 Å². The maximum absolute atomic E-state index is 5.46. The Hall–Kier alpha value is -2.74. The van der Waals surface area contributed by atoms with E-state index in [1.54, 1.807) is 0 Å². The first-order chi connectivity index (χ1) is 13.1. The van der Waals surface area contributed by atoms with Crippen LogP contribution < -0.4 is 4.90 Å². The quantitative estimate of drug-likeness (QED) is 0.680. The van der Waals surface area contributed by atoms with Crippen molar-refractivity contribution in [2.75, 3.05) is 31.1 Å². The van der Waals surface area contributed by atoms with Crippen LogP contribution in [0.1, 0.15) is 37.0 Å². The molecule has 3 heterocycles. The monoisotopic (exact) mass is 368 g/mol. The largest absolute Gasteiger partial charge is 0.338 e. The number of nitrogens with zero attached hydrogens (tertiary/aromatic N) is 6. The molecule has 8 nitrogen and oxygen atoms in total. The fourth-order valence-electron chi connectivity index (χ4n) is 3.13. The van der Waals surface area contributed by atoms with Crippen LogP contribution in [0.2, 0.25) is 0 Å². The molecule has 0 radical (unpaired) electrons. The molecule has 2 aromatic heterocycles. The first-order valence-electron chi connectivity index (χ1n) is 9.29. The van der Waals surface area contributed by atoms with Gasteiger partial charge in [-0.2, -0.15) is 9.97 Å². The number of aryl methyl sites for hydroxylation is 1. The van der Waals surface area contributed by atoms with Crippen molar-refractivity contribution in [3.63, 3.8) is 0 Å². The smallest absolute Gasteiger partial charge is 0.324 e. The zero-order chi connectivity index (χ0) is 18.8. The summed E-state index contributed by atoms with van der Waals surface area (Å²) in [5.41, 5.74) is 2.15. The van der Waals surface area contributed by atoms with E-state index in [0.29, 0.717) is 24.3 Å². The second-order valence-electron chi connectivity index (χ2n) is 7.18. The molecule has 1 saturated heterocycles. The Morgan fingerprint density at radius 2 is 1.78 bits per heavy atom. The summed E-state index contributed by atoms with van der Waals surface area (Å²) in [4.78, 5) is 13.5. The molecule has 0 spiro atoms. The van der Waals surface area contributed by atoms with Crippen LogP contribution in [0.15, 0.2) is 33.3 Å². The van der Waals surface area contributed by atoms with Gasteiger partial charge in [0.1, 0.15) is 0 Å². The van der Waals surface area contributed by atoms with E-state index in [1.807, 2.05) is 31.2 Å². The van der Waals surface area contributed by atoms with E-state index in [-0.39, 0.29) is 5.92 Å². The summed E-state index contributed by atoms with van der Waals surface area (Å²) in [6.45, 7) is 10.2. The van der Waals surface area contributed by atoms with Gasteiger partial charge in [0.15, 0.2) is 5.82 Å². The van der Waals surface area contributed by atoms with Crippen molar-refractivity contribution in [2.24, 2.45) is 0 Å². The molecule has 142 valence electrons. The average Bonchev–Trinajstić information content (AvgIpc) is 3.33.